The zero-order valence-electron chi connectivity index (χ0n) is 19.4. The van der Waals surface area contributed by atoms with Crippen LogP contribution in [0.5, 0.6) is 5.75 Å². The number of H-pyrrole nitrogens is 1. The molecule has 4 aromatic rings. The second-order valence-corrected chi connectivity index (χ2v) is 10.9. The third-order valence-corrected chi connectivity index (χ3v) is 7.39. The molecule has 0 saturated heterocycles. The molecule has 36 heavy (non-hydrogen) atoms. The van der Waals surface area contributed by atoms with Gasteiger partial charge in [-0.3, -0.25) is 4.98 Å². The van der Waals surface area contributed by atoms with E-state index in [2.05, 4.69) is 14.7 Å². The molecule has 0 unspecified atom stereocenters. The number of aromatic hydroxyl groups is 1. The number of phenolic OH excluding ortho intramolecular Hbond substituents is 1. The van der Waals surface area contributed by atoms with Crippen LogP contribution in [-0.4, -0.2) is 46.1 Å². The van der Waals surface area contributed by atoms with E-state index >= 15 is 0 Å². The summed E-state index contributed by atoms with van der Waals surface area (Å²) in [4.78, 5) is 23.1. The molecule has 0 bridgehead atoms. The first-order valence-corrected chi connectivity index (χ1v) is 12.7. The highest BCUT2D eigenvalue weighted by Crippen LogP contribution is 2.36. The minimum Gasteiger partial charge on any atom is -0.506 e. The van der Waals surface area contributed by atoms with Gasteiger partial charge in [0, 0.05) is 35.5 Å². The number of aromatic nitrogens is 3. The van der Waals surface area contributed by atoms with Gasteiger partial charge in [0.05, 0.1) is 26.9 Å². The van der Waals surface area contributed by atoms with Gasteiger partial charge >= 0.3 is 5.97 Å². The lowest BCUT2D eigenvalue weighted by molar-refractivity contribution is 0.0696. The summed E-state index contributed by atoms with van der Waals surface area (Å²) in [5.41, 5.74) is 1.89. The van der Waals surface area contributed by atoms with Crippen molar-refractivity contribution in [2.45, 2.75) is 24.2 Å². The van der Waals surface area contributed by atoms with Crippen LogP contribution in [-0.2, 0) is 15.4 Å². The minimum atomic E-state index is -3.90. The predicted molar refractivity (Wildman–Crippen MR) is 136 cm³/mol. The van der Waals surface area contributed by atoms with E-state index < -0.39 is 21.4 Å². The fourth-order valence-corrected chi connectivity index (χ4v) is 4.84. The lowest BCUT2D eigenvalue weighted by Crippen LogP contribution is -2.37. The van der Waals surface area contributed by atoms with Crippen molar-refractivity contribution >= 4 is 27.6 Å². The van der Waals surface area contributed by atoms with Gasteiger partial charge in [0.15, 0.2) is 0 Å². The molecule has 0 spiro atoms. The van der Waals surface area contributed by atoms with Gasteiger partial charge in [0.25, 0.3) is 0 Å². The van der Waals surface area contributed by atoms with Crippen LogP contribution < -0.4 is 4.72 Å². The maximum atomic E-state index is 12.8. The number of nitrogens with zero attached hydrogens (tertiary/aromatic N) is 2. The maximum Gasteiger partial charge on any atom is 0.335 e. The topological polar surface area (TPSA) is 145 Å². The normalized spacial score (nSPS) is 12.0. The number of benzene rings is 2. The third kappa shape index (κ3) is 5.25. The third-order valence-electron chi connectivity index (χ3n) is 5.65. The Morgan fingerprint density at radius 2 is 1.72 bits per heavy atom. The van der Waals surface area contributed by atoms with Gasteiger partial charge in [-0.15, -0.1) is 0 Å². The SMILES string of the molecule is CC(C)(CNS(=O)(=O)c1ccc(C(=O)O)cc1)c1nc(-c2ccc(Cl)c(O)c2)c(-c2ccncc2)[nH]1. The Morgan fingerprint density at radius 1 is 1.06 bits per heavy atom. The van der Waals surface area contributed by atoms with Crippen molar-refractivity contribution in [3.05, 3.63) is 83.4 Å². The van der Waals surface area contributed by atoms with Gasteiger partial charge in [-0.25, -0.2) is 22.9 Å². The average molecular weight is 527 g/mol. The van der Waals surface area contributed by atoms with E-state index in [0.717, 1.165) is 5.56 Å². The molecule has 11 heteroatoms. The van der Waals surface area contributed by atoms with Crippen LogP contribution in [0.15, 0.2) is 71.9 Å². The molecule has 0 fully saturated rings. The Balaban J connectivity index is 1.66. The van der Waals surface area contributed by atoms with Crippen molar-refractivity contribution < 1.29 is 23.4 Å². The maximum absolute atomic E-state index is 12.8. The van der Waals surface area contributed by atoms with Crippen LogP contribution >= 0.6 is 11.6 Å². The number of aromatic amines is 1. The fourth-order valence-electron chi connectivity index (χ4n) is 3.51. The summed E-state index contributed by atoms with van der Waals surface area (Å²) in [5.74, 6) is -0.705. The van der Waals surface area contributed by atoms with E-state index in [9.17, 15) is 18.3 Å². The molecule has 2 heterocycles. The summed E-state index contributed by atoms with van der Waals surface area (Å²) in [6, 6.07) is 13.4. The molecule has 0 aliphatic rings. The van der Waals surface area contributed by atoms with E-state index in [1.165, 1.54) is 30.3 Å². The second kappa shape index (κ2) is 9.73. The van der Waals surface area contributed by atoms with Crippen LogP contribution in [0.2, 0.25) is 5.02 Å². The number of hydrogen-bond donors (Lipinski definition) is 4. The standard InChI is InChI=1S/C25H23ClN4O5S/c1-25(2,14-28-36(34,35)18-6-3-16(4-7-18)23(32)33)24-29-21(15-9-11-27-12-10-15)22(30-24)17-5-8-19(26)20(31)13-17/h3-13,28,31H,14H2,1-2H3,(H,29,30)(H,32,33). The van der Waals surface area contributed by atoms with E-state index in [-0.39, 0.29) is 27.8 Å². The van der Waals surface area contributed by atoms with Crippen LogP contribution in [0.3, 0.4) is 0 Å². The number of pyridine rings is 1. The number of rotatable bonds is 8. The molecular weight excluding hydrogens is 504 g/mol. The van der Waals surface area contributed by atoms with Crippen molar-refractivity contribution in [2.75, 3.05) is 6.54 Å². The van der Waals surface area contributed by atoms with E-state index in [0.29, 0.717) is 22.8 Å². The number of phenols is 1. The van der Waals surface area contributed by atoms with Gasteiger partial charge in [0.2, 0.25) is 10.0 Å². The monoisotopic (exact) mass is 526 g/mol. The lowest BCUT2D eigenvalue weighted by atomic mass is 9.93. The van der Waals surface area contributed by atoms with Gasteiger partial charge in [-0.05, 0) is 48.5 Å². The summed E-state index contributed by atoms with van der Waals surface area (Å²) in [6.07, 6.45) is 3.29. The Morgan fingerprint density at radius 3 is 2.33 bits per heavy atom. The molecular formula is C25H23ClN4O5S. The quantitative estimate of drug-likeness (QED) is 0.265. The molecule has 2 aromatic heterocycles. The van der Waals surface area contributed by atoms with Crippen molar-refractivity contribution in [3.63, 3.8) is 0 Å². The fraction of sp³-hybridized carbons (Fsp3) is 0.160. The minimum absolute atomic E-state index is 0.00459. The molecule has 0 aliphatic carbocycles. The number of carboxylic acids is 1. The molecule has 2 aromatic carbocycles. The summed E-state index contributed by atoms with van der Waals surface area (Å²) in [6.45, 7) is 3.67. The van der Waals surface area contributed by atoms with Crippen LogP contribution in [0.25, 0.3) is 22.5 Å². The first-order valence-electron chi connectivity index (χ1n) is 10.8. The molecule has 0 radical (unpaired) electrons. The molecule has 4 rings (SSSR count). The summed E-state index contributed by atoms with van der Waals surface area (Å²) < 4.78 is 28.3. The number of carboxylic acid groups (broad SMARTS) is 1. The molecule has 0 amide bonds. The highest BCUT2D eigenvalue weighted by Gasteiger charge is 2.29. The number of halogens is 1. The smallest absolute Gasteiger partial charge is 0.335 e. The van der Waals surface area contributed by atoms with Crippen molar-refractivity contribution in [1.29, 1.82) is 0 Å². The van der Waals surface area contributed by atoms with Gasteiger partial charge < -0.3 is 15.2 Å². The molecule has 0 saturated carbocycles. The first kappa shape index (κ1) is 25.4. The van der Waals surface area contributed by atoms with Crippen LogP contribution in [0.1, 0.15) is 30.0 Å². The number of aromatic carboxylic acids is 1. The van der Waals surface area contributed by atoms with E-state index in [1.807, 2.05) is 26.0 Å². The predicted octanol–water partition coefficient (Wildman–Crippen LogP) is 4.45. The molecule has 4 N–H and O–H groups in total. The highest BCUT2D eigenvalue weighted by atomic mass is 35.5. The van der Waals surface area contributed by atoms with Crippen LogP contribution in [0, 0.1) is 0 Å². The number of sulfonamides is 1. The average Bonchev–Trinajstić information content (AvgIpc) is 3.32. The first-order chi connectivity index (χ1) is 17.0. The van der Waals surface area contributed by atoms with Gasteiger partial charge in [0.1, 0.15) is 11.6 Å². The Labute approximate surface area is 212 Å². The molecule has 0 aliphatic heterocycles. The Hall–Kier alpha value is -3.73. The van der Waals surface area contributed by atoms with Gasteiger partial charge in [-0.2, -0.15) is 0 Å². The van der Waals surface area contributed by atoms with E-state index in [1.54, 1.807) is 24.5 Å². The zero-order chi connectivity index (χ0) is 26.1. The number of nitrogens with one attached hydrogen (secondary N) is 2. The number of hydrogen-bond acceptors (Lipinski definition) is 6. The van der Waals surface area contributed by atoms with Crippen LogP contribution in [0.4, 0.5) is 0 Å². The summed E-state index contributed by atoms with van der Waals surface area (Å²) in [5, 5.41) is 19.4. The molecule has 0 atom stereocenters. The van der Waals surface area contributed by atoms with E-state index in [4.69, 9.17) is 21.7 Å². The zero-order valence-corrected chi connectivity index (χ0v) is 20.9. The molecule has 9 nitrogen and oxygen atoms in total. The molecule has 186 valence electrons. The second-order valence-electron chi connectivity index (χ2n) is 8.75. The lowest BCUT2D eigenvalue weighted by Gasteiger charge is -2.22. The van der Waals surface area contributed by atoms with Gasteiger partial charge in [-0.1, -0.05) is 31.5 Å². The summed E-state index contributed by atoms with van der Waals surface area (Å²) in [7, 11) is -3.90. The van der Waals surface area contributed by atoms with Crippen molar-refractivity contribution in [2.24, 2.45) is 0 Å². The Bertz CT molecular complexity index is 1520. The largest absolute Gasteiger partial charge is 0.506 e. The Kier molecular flexibility index (Phi) is 6.85. The summed E-state index contributed by atoms with van der Waals surface area (Å²) >= 11 is 5.98. The number of carbonyl (C=O) groups is 1. The highest BCUT2D eigenvalue weighted by molar-refractivity contribution is 7.89. The van der Waals surface area contributed by atoms with Crippen molar-refractivity contribution in [3.8, 4) is 28.3 Å². The van der Waals surface area contributed by atoms with Crippen molar-refractivity contribution in [1.82, 2.24) is 19.7 Å². The number of imidazole rings is 1.